The fraction of sp³-hybridized carbons (Fsp3) is 0.667. The molecule has 0 bridgehead atoms. The molecule has 0 spiro atoms. The second-order valence-corrected chi connectivity index (χ2v) is 10.1. The van der Waals surface area contributed by atoms with E-state index in [9.17, 15) is 23.2 Å². The molecule has 7 nitrogen and oxygen atoms in total. The van der Waals surface area contributed by atoms with Crippen molar-refractivity contribution in [3.05, 3.63) is 16.0 Å². The van der Waals surface area contributed by atoms with Crippen LogP contribution in [0.1, 0.15) is 67.8 Å². The van der Waals surface area contributed by atoms with Gasteiger partial charge in [-0.2, -0.15) is 0 Å². The molecular formula is C21H28F2N2O5S. The van der Waals surface area contributed by atoms with Gasteiger partial charge in [0.15, 0.2) is 0 Å². The van der Waals surface area contributed by atoms with Crippen molar-refractivity contribution in [2.75, 3.05) is 11.9 Å². The first-order valence-electron chi connectivity index (χ1n) is 10.4. The number of alkyl halides is 2. The fourth-order valence-electron chi connectivity index (χ4n) is 3.75. The standard InChI is InChI=1S/C21H28F2N2O5S/c1-5-29-18(27)15-13-8-12(24-19(28)30-20(2,3)4)6-7-14(13)31-17(15)25-16(26)11-9-21(22,23)10-11/h11-12H,5-10H2,1-4H3,(H,24,28)(H,25,26)/t12-/m0/s1. The van der Waals surface area contributed by atoms with Gasteiger partial charge in [-0.15, -0.1) is 11.3 Å². The Bertz CT molecular complexity index is 870. The molecule has 1 aromatic rings. The van der Waals surface area contributed by atoms with Crippen LogP contribution < -0.4 is 10.6 Å². The maximum atomic E-state index is 13.1. The second kappa shape index (κ2) is 8.72. The smallest absolute Gasteiger partial charge is 0.407 e. The summed E-state index contributed by atoms with van der Waals surface area (Å²) >= 11 is 1.26. The Hall–Kier alpha value is -2.23. The number of rotatable bonds is 5. The van der Waals surface area contributed by atoms with Crippen molar-refractivity contribution in [2.24, 2.45) is 5.92 Å². The zero-order valence-corrected chi connectivity index (χ0v) is 18.9. The van der Waals surface area contributed by atoms with Crippen molar-refractivity contribution >= 4 is 34.3 Å². The van der Waals surface area contributed by atoms with Crippen LogP contribution >= 0.6 is 11.3 Å². The first-order chi connectivity index (χ1) is 14.4. The molecule has 1 atom stereocenters. The van der Waals surface area contributed by atoms with E-state index >= 15 is 0 Å². The first kappa shape index (κ1) is 23.4. The number of carbonyl (C=O) groups is 3. The molecule has 2 N–H and O–H groups in total. The lowest BCUT2D eigenvalue weighted by Crippen LogP contribution is -2.42. The van der Waals surface area contributed by atoms with E-state index in [4.69, 9.17) is 9.47 Å². The number of thiophene rings is 1. The molecule has 1 aromatic heterocycles. The van der Waals surface area contributed by atoms with Crippen molar-refractivity contribution in [3.63, 3.8) is 0 Å². The molecule has 0 saturated heterocycles. The highest BCUT2D eigenvalue weighted by atomic mass is 32.1. The number of hydrogen-bond acceptors (Lipinski definition) is 6. The van der Waals surface area contributed by atoms with Gasteiger partial charge >= 0.3 is 12.1 Å². The maximum absolute atomic E-state index is 13.1. The Morgan fingerprint density at radius 1 is 1.23 bits per heavy atom. The van der Waals surface area contributed by atoms with E-state index in [1.54, 1.807) is 27.7 Å². The largest absolute Gasteiger partial charge is 0.462 e. The summed E-state index contributed by atoms with van der Waals surface area (Å²) in [5.41, 5.74) is 0.333. The van der Waals surface area contributed by atoms with Crippen LogP contribution in [0, 0.1) is 5.92 Å². The third-order valence-electron chi connectivity index (χ3n) is 5.16. The minimum absolute atomic E-state index is 0.158. The molecule has 31 heavy (non-hydrogen) atoms. The Morgan fingerprint density at radius 3 is 2.48 bits per heavy atom. The quantitative estimate of drug-likeness (QED) is 0.642. The van der Waals surface area contributed by atoms with Crippen LogP contribution in [0.5, 0.6) is 0 Å². The Kier molecular flexibility index (Phi) is 6.59. The van der Waals surface area contributed by atoms with Crippen molar-refractivity contribution in [2.45, 2.75) is 77.4 Å². The highest BCUT2D eigenvalue weighted by Gasteiger charge is 2.49. The van der Waals surface area contributed by atoms with Gasteiger partial charge in [0.1, 0.15) is 10.6 Å². The zero-order chi connectivity index (χ0) is 23.0. The monoisotopic (exact) mass is 458 g/mol. The van der Waals surface area contributed by atoms with Crippen molar-refractivity contribution in [1.82, 2.24) is 5.32 Å². The minimum atomic E-state index is -2.80. The summed E-state index contributed by atoms with van der Waals surface area (Å²) in [6.07, 6.45) is 0.132. The van der Waals surface area contributed by atoms with Crippen LogP contribution in [-0.4, -0.2) is 42.1 Å². The zero-order valence-electron chi connectivity index (χ0n) is 18.1. The van der Waals surface area contributed by atoms with E-state index in [0.717, 1.165) is 4.88 Å². The molecule has 0 aromatic carbocycles. The van der Waals surface area contributed by atoms with E-state index in [2.05, 4.69) is 10.6 Å². The number of fused-ring (bicyclic) bond motifs is 1. The average molecular weight is 459 g/mol. The summed E-state index contributed by atoms with van der Waals surface area (Å²) in [4.78, 5) is 38.1. The van der Waals surface area contributed by atoms with Crippen molar-refractivity contribution in [1.29, 1.82) is 0 Å². The van der Waals surface area contributed by atoms with Gasteiger partial charge in [-0.3, -0.25) is 4.79 Å². The third kappa shape index (κ3) is 5.72. The van der Waals surface area contributed by atoms with E-state index in [0.29, 0.717) is 29.8 Å². The normalized spacial score (nSPS) is 20.3. The highest BCUT2D eigenvalue weighted by Crippen LogP contribution is 2.44. The van der Waals surface area contributed by atoms with Gasteiger partial charge in [0.05, 0.1) is 12.2 Å². The molecule has 0 unspecified atom stereocenters. The highest BCUT2D eigenvalue weighted by molar-refractivity contribution is 7.17. The van der Waals surface area contributed by atoms with Gasteiger partial charge in [0.2, 0.25) is 11.8 Å². The number of alkyl carbamates (subject to hydrolysis) is 1. The number of aryl methyl sites for hydroxylation is 1. The average Bonchev–Trinajstić information content (AvgIpc) is 2.95. The number of halogens is 2. The lowest BCUT2D eigenvalue weighted by atomic mass is 9.81. The molecule has 172 valence electrons. The third-order valence-corrected chi connectivity index (χ3v) is 6.37. The molecule has 1 saturated carbocycles. The van der Waals surface area contributed by atoms with Crippen LogP contribution in [0.4, 0.5) is 18.6 Å². The summed E-state index contributed by atoms with van der Waals surface area (Å²) in [7, 11) is 0. The fourth-order valence-corrected chi connectivity index (χ4v) is 4.98. The van der Waals surface area contributed by atoms with Crippen LogP contribution in [-0.2, 0) is 27.1 Å². The van der Waals surface area contributed by atoms with Crippen LogP contribution in [0.15, 0.2) is 0 Å². The van der Waals surface area contributed by atoms with Crippen LogP contribution in [0.3, 0.4) is 0 Å². The number of ether oxygens (including phenoxy) is 2. The number of hydrogen-bond donors (Lipinski definition) is 2. The molecule has 1 heterocycles. The molecule has 3 rings (SSSR count). The molecular weight excluding hydrogens is 430 g/mol. The van der Waals surface area contributed by atoms with Gasteiger partial charge < -0.3 is 20.1 Å². The van der Waals surface area contributed by atoms with E-state index < -0.39 is 48.3 Å². The summed E-state index contributed by atoms with van der Waals surface area (Å²) < 4.78 is 36.8. The number of carbonyl (C=O) groups excluding carboxylic acids is 3. The molecule has 1 fully saturated rings. The summed E-state index contributed by atoms with van der Waals surface area (Å²) in [5.74, 6) is -4.67. The molecule has 2 amide bonds. The molecule has 2 aliphatic carbocycles. The predicted molar refractivity (Wildman–Crippen MR) is 112 cm³/mol. The molecule has 2 aliphatic rings. The minimum Gasteiger partial charge on any atom is -0.462 e. The summed E-state index contributed by atoms with van der Waals surface area (Å²) in [6, 6.07) is -0.237. The van der Waals surface area contributed by atoms with Gasteiger partial charge in [-0.05, 0) is 52.5 Å². The van der Waals surface area contributed by atoms with Crippen LogP contribution in [0.2, 0.25) is 0 Å². The van der Waals surface area contributed by atoms with Crippen molar-refractivity contribution in [3.8, 4) is 0 Å². The summed E-state index contributed by atoms with van der Waals surface area (Å²) in [5, 5.41) is 5.82. The number of amides is 2. The van der Waals surface area contributed by atoms with E-state index in [1.807, 2.05) is 0 Å². The van der Waals surface area contributed by atoms with E-state index in [1.165, 1.54) is 11.3 Å². The molecule has 0 radical (unpaired) electrons. The van der Waals surface area contributed by atoms with Gasteiger partial charge in [0.25, 0.3) is 0 Å². The Morgan fingerprint density at radius 2 is 1.90 bits per heavy atom. The predicted octanol–water partition coefficient (Wildman–Crippen LogP) is 4.29. The van der Waals surface area contributed by atoms with Gasteiger partial charge in [0, 0.05) is 29.7 Å². The van der Waals surface area contributed by atoms with Gasteiger partial charge in [-0.1, -0.05) is 0 Å². The number of nitrogens with one attached hydrogen (secondary N) is 2. The van der Waals surface area contributed by atoms with Gasteiger partial charge in [-0.25, -0.2) is 18.4 Å². The second-order valence-electron chi connectivity index (χ2n) is 8.96. The van der Waals surface area contributed by atoms with E-state index in [-0.39, 0.29) is 18.2 Å². The lowest BCUT2D eigenvalue weighted by Gasteiger charge is -2.33. The topological polar surface area (TPSA) is 93.7 Å². The Balaban J connectivity index is 1.77. The SMILES string of the molecule is CCOC(=O)c1c(NC(=O)C2CC(F)(F)C2)sc2c1C[C@@H](NC(=O)OC(C)(C)C)CC2. The lowest BCUT2D eigenvalue weighted by molar-refractivity contribution is -0.145. The first-order valence-corrected chi connectivity index (χ1v) is 11.2. The summed E-state index contributed by atoms with van der Waals surface area (Å²) in [6.45, 7) is 7.16. The number of esters is 1. The molecule has 10 heteroatoms. The van der Waals surface area contributed by atoms with Crippen molar-refractivity contribution < 1.29 is 32.6 Å². The maximum Gasteiger partial charge on any atom is 0.407 e. The Labute approximate surface area is 183 Å². The number of anilines is 1. The molecule has 0 aliphatic heterocycles. The van der Waals surface area contributed by atoms with Crippen LogP contribution in [0.25, 0.3) is 0 Å².